The van der Waals surface area contributed by atoms with Crippen molar-refractivity contribution in [2.75, 3.05) is 26.3 Å². The van der Waals surface area contributed by atoms with Gasteiger partial charge in [0, 0.05) is 18.7 Å². The molecule has 0 radical (unpaired) electrons. The molecule has 0 aliphatic carbocycles. The number of imide groups is 1. The zero-order valence-corrected chi connectivity index (χ0v) is 17.1. The Kier molecular flexibility index (Phi) is 5.44. The number of carbonyl (C=O) groups excluding carboxylic acids is 3. The fraction of sp³-hybridized carbons (Fsp3) is 0.348. The second-order valence-corrected chi connectivity index (χ2v) is 7.86. The Morgan fingerprint density at radius 3 is 2.50 bits per heavy atom. The molecule has 2 heterocycles. The van der Waals surface area contributed by atoms with Gasteiger partial charge in [-0.15, -0.1) is 0 Å². The summed E-state index contributed by atoms with van der Waals surface area (Å²) in [5, 5.41) is 2.87. The van der Waals surface area contributed by atoms with Crippen LogP contribution in [0, 0.1) is 5.92 Å². The van der Waals surface area contributed by atoms with Crippen LogP contribution in [0.15, 0.2) is 36.4 Å². The maximum absolute atomic E-state index is 12.6. The maximum atomic E-state index is 12.6. The van der Waals surface area contributed by atoms with Gasteiger partial charge in [0.05, 0.1) is 11.1 Å². The predicted octanol–water partition coefficient (Wildman–Crippen LogP) is 2.68. The number of nitrogens with zero attached hydrogens (tertiary/aromatic N) is 1. The maximum Gasteiger partial charge on any atom is 0.261 e. The summed E-state index contributed by atoms with van der Waals surface area (Å²) >= 11 is 0. The molecule has 0 spiro atoms. The van der Waals surface area contributed by atoms with Crippen LogP contribution in [-0.2, 0) is 6.42 Å². The van der Waals surface area contributed by atoms with E-state index in [2.05, 4.69) is 5.32 Å². The van der Waals surface area contributed by atoms with Crippen molar-refractivity contribution in [2.45, 2.75) is 20.3 Å². The number of fused-ring (bicyclic) bond motifs is 2. The molecule has 1 N–H and O–H groups in total. The molecule has 0 atom stereocenters. The number of nitrogens with one attached hydrogen (secondary N) is 1. The van der Waals surface area contributed by atoms with Crippen LogP contribution >= 0.6 is 0 Å². The summed E-state index contributed by atoms with van der Waals surface area (Å²) in [6.45, 7) is 5.77. The van der Waals surface area contributed by atoms with E-state index >= 15 is 0 Å². The Balaban J connectivity index is 1.39. The second kappa shape index (κ2) is 8.18. The van der Waals surface area contributed by atoms with Crippen LogP contribution in [0.4, 0.5) is 0 Å². The number of rotatable bonds is 6. The molecule has 0 saturated heterocycles. The summed E-state index contributed by atoms with van der Waals surface area (Å²) in [7, 11) is 0. The SMILES string of the molecule is CC(C)CN1C(=O)c2ccc(C(=O)NCCc3ccc4c(c3)OCCO4)cc2C1=O. The molecule has 30 heavy (non-hydrogen) atoms. The first-order chi connectivity index (χ1) is 14.4. The quantitative estimate of drug-likeness (QED) is 0.743. The van der Waals surface area contributed by atoms with Gasteiger partial charge in [-0.25, -0.2) is 0 Å². The van der Waals surface area contributed by atoms with E-state index in [-0.39, 0.29) is 23.6 Å². The zero-order valence-electron chi connectivity index (χ0n) is 17.1. The Hall–Kier alpha value is -3.35. The minimum atomic E-state index is -0.338. The van der Waals surface area contributed by atoms with Gasteiger partial charge in [0.25, 0.3) is 17.7 Å². The number of carbonyl (C=O) groups is 3. The molecule has 2 aliphatic rings. The fourth-order valence-electron chi connectivity index (χ4n) is 3.63. The second-order valence-electron chi connectivity index (χ2n) is 7.86. The molecule has 7 nitrogen and oxygen atoms in total. The molecule has 0 fully saturated rings. The highest BCUT2D eigenvalue weighted by molar-refractivity contribution is 6.22. The van der Waals surface area contributed by atoms with Crippen LogP contribution in [0.1, 0.15) is 50.5 Å². The minimum absolute atomic E-state index is 0.176. The van der Waals surface area contributed by atoms with Gasteiger partial charge in [0.15, 0.2) is 11.5 Å². The molecule has 2 aliphatic heterocycles. The van der Waals surface area contributed by atoms with E-state index in [1.807, 2.05) is 32.0 Å². The van der Waals surface area contributed by atoms with Crippen molar-refractivity contribution in [3.8, 4) is 11.5 Å². The average molecular weight is 408 g/mol. The molecule has 3 amide bonds. The van der Waals surface area contributed by atoms with Gasteiger partial charge >= 0.3 is 0 Å². The third-order valence-electron chi connectivity index (χ3n) is 5.09. The van der Waals surface area contributed by atoms with E-state index in [9.17, 15) is 14.4 Å². The van der Waals surface area contributed by atoms with Gasteiger partial charge in [-0.05, 0) is 48.2 Å². The van der Waals surface area contributed by atoms with Gasteiger partial charge in [-0.2, -0.15) is 0 Å². The van der Waals surface area contributed by atoms with Crippen LogP contribution in [0.2, 0.25) is 0 Å². The van der Waals surface area contributed by atoms with E-state index in [0.717, 1.165) is 17.1 Å². The van der Waals surface area contributed by atoms with Gasteiger partial charge in [-0.1, -0.05) is 19.9 Å². The fourth-order valence-corrected chi connectivity index (χ4v) is 3.63. The number of benzene rings is 2. The number of amides is 3. The third kappa shape index (κ3) is 3.87. The zero-order chi connectivity index (χ0) is 21.3. The number of ether oxygens (including phenoxy) is 2. The van der Waals surface area contributed by atoms with E-state index in [4.69, 9.17) is 9.47 Å². The Labute approximate surface area is 175 Å². The van der Waals surface area contributed by atoms with Crippen LogP contribution in [0.5, 0.6) is 11.5 Å². The summed E-state index contributed by atoms with van der Waals surface area (Å²) in [5.41, 5.74) is 2.04. The Bertz CT molecular complexity index is 1010. The highest BCUT2D eigenvalue weighted by Crippen LogP contribution is 2.30. The molecule has 0 saturated carbocycles. The number of hydrogen-bond donors (Lipinski definition) is 1. The van der Waals surface area contributed by atoms with Gasteiger partial charge in [0.2, 0.25) is 0 Å². The van der Waals surface area contributed by atoms with Crippen molar-refractivity contribution in [1.29, 1.82) is 0 Å². The van der Waals surface area contributed by atoms with Gasteiger partial charge < -0.3 is 14.8 Å². The molecular weight excluding hydrogens is 384 g/mol. The van der Waals surface area contributed by atoms with Crippen molar-refractivity contribution >= 4 is 17.7 Å². The Morgan fingerprint density at radius 2 is 1.73 bits per heavy atom. The van der Waals surface area contributed by atoms with Crippen LogP contribution in [0.25, 0.3) is 0 Å². The first-order valence-electron chi connectivity index (χ1n) is 10.1. The van der Waals surface area contributed by atoms with Gasteiger partial charge in [-0.3, -0.25) is 19.3 Å². The van der Waals surface area contributed by atoms with Crippen LogP contribution in [-0.4, -0.2) is 48.9 Å². The topological polar surface area (TPSA) is 84.9 Å². The highest BCUT2D eigenvalue weighted by atomic mass is 16.6. The summed E-state index contributed by atoms with van der Waals surface area (Å²) in [5.74, 6) is 0.716. The van der Waals surface area contributed by atoms with E-state index in [0.29, 0.717) is 49.4 Å². The molecule has 0 bridgehead atoms. The molecule has 2 aromatic rings. The lowest BCUT2D eigenvalue weighted by molar-refractivity contribution is 0.0636. The van der Waals surface area contributed by atoms with Crippen molar-refractivity contribution in [3.63, 3.8) is 0 Å². The molecule has 156 valence electrons. The van der Waals surface area contributed by atoms with E-state index < -0.39 is 0 Å². The van der Waals surface area contributed by atoms with Crippen LogP contribution < -0.4 is 14.8 Å². The molecule has 7 heteroatoms. The third-order valence-corrected chi connectivity index (χ3v) is 5.09. The lowest BCUT2D eigenvalue weighted by atomic mass is 10.1. The van der Waals surface area contributed by atoms with E-state index in [1.54, 1.807) is 12.1 Å². The normalized spacial score (nSPS) is 14.8. The molecule has 0 aromatic heterocycles. The molecule has 0 unspecified atom stereocenters. The van der Waals surface area contributed by atoms with Crippen molar-refractivity contribution in [2.24, 2.45) is 5.92 Å². The van der Waals surface area contributed by atoms with Gasteiger partial charge in [0.1, 0.15) is 13.2 Å². The standard InChI is InChI=1S/C23H24N2O5/c1-14(2)13-25-22(27)17-5-4-16(12-18(17)23(25)28)21(26)24-8-7-15-3-6-19-20(11-15)30-10-9-29-19/h3-6,11-12,14H,7-10,13H2,1-2H3,(H,24,26). The lowest BCUT2D eigenvalue weighted by Gasteiger charge is -2.18. The van der Waals surface area contributed by atoms with E-state index in [1.165, 1.54) is 11.0 Å². The summed E-state index contributed by atoms with van der Waals surface area (Å²) < 4.78 is 11.1. The summed E-state index contributed by atoms with van der Waals surface area (Å²) in [4.78, 5) is 38.8. The average Bonchev–Trinajstić information content (AvgIpc) is 2.97. The highest BCUT2D eigenvalue weighted by Gasteiger charge is 2.36. The van der Waals surface area contributed by atoms with Crippen molar-refractivity contribution < 1.29 is 23.9 Å². The first-order valence-corrected chi connectivity index (χ1v) is 10.1. The number of hydrogen-bond acceptors (Lipinski definition) is 5. The minimum Gasteiger partial charge on any atom is -0.486 e. The predicted molar refractivity (Wildman–Crippen MR) is 110 cm³/mol. The molecular formula is C23H24N2O5. The first kappa shape index (κ1) is 19.9. The smallest absolute Gasteiger partial charge is 0.261 e. The summed E-state index contributed by atoms with van der Waals surface area (Å²) in [6, 6.07) is 10.4. The largest absolute Gasteiger partial charge is 0.486 e. The Morgan fingerprint density at radius 1 is 1.00 bits per heavy atom. The lowest BCUT2D eigenvalue weighted by Crippen LogP contribution is -2.33. The van der Waals surface area contributed by atoms with Crippen molar-refractivity contribution in [1.82, 2.24) is 10.2 Å². The molecule has 2 aromatic carbocycles. The van der Waals surface area contributed by atoms with Crippen molar-refractivity contribution in [3.05, 3.63) is 58.7 Å². The summed E-state index contributed by atoms with van der Waals surface area (Å²) in [6.07, 6.45) is 0.632. The molecule has 4 rings (SSSR count). The van der Waals surface area contributed by atoms with Crippen LogP contribution in [0.3, 0.4) is 0 Å². The monoisotopic (exact) mass is 408 g/mol.